The number of carbonyl (C=O) groups excluding carboxylic acids is 1. The van der Waals surface area contributed by atoms with Gasteiger partial charge in [-0.25, -0.2) is 0 Å². The van der Waals surface area contributed by atoms with E-state index in [9.17, 15) is 4.79 Å². The fourth-order valence-corrected chi connectivity index (χ4v) is 1.80. The summed E-state index contributed by atoms with van der Waals surface area (Å²) in [4.78, 5) is 13.6. The molecule has 0 unspecified atom stereocenters. The van der Waals surface area contributed by atoms with E-state index in [0.717, 1.165) is 6.42 Å². The van der Waals surface area contributed by atoms with Crippen LogP contribution in [-0.4, -0.2) is 36.4 Å². The van der Waals surface area contributed by atoms with Gasteiger partial charge in [-0.3, -0.25) is 4.79 Å². The fourth-order valence-electron chi connectivity index (χ4n) is 1.50. The van der Waals surface area contributed by atoms with Gasteiger partial charge in [-0.2, -0.15) is 0 Å². The van der Waals surface area contributed by atoms with E-state index in [2.05, 4.69) is 0 Å². The zero-order valence-corrected chi connectivity index (χ0v) is 11.9. The molecule has 0 aliphatic rings. The number of likely N-dealkylation sites (N-methyl/N-ethyl adjacent to an activating group) is 1. The highest BCUT2D eigenvalue weighted by molar-refractivity contribution is 6.30. The van der Waals surface area contributed by atoms with Crippen LogP contribution in [0.1, 0.15) is 13.3 Å². The molecule has 0 N–H and O–H groups in total. The van der Waals surface area contributed by atoms with Crippen LogP contribution in [0.4, 0.5) is 0 Å². The molecule has 0 spiro atoms. The fraction of sp³-hybridized carbons (Fsp3) is 0.462. The Morgan fingerprint density at radius 2 is 2.22 bits per heavy atom. The second kappa shape index (κ2) is 8.22. The third-order valence-corrected chi connectivity index (χ3v) is 2.96. The van der Waals surface area contributed by atoms with E-state index in [0.29, 0.717) is 29.7 Å². The second-order valence-corrected chi connectivity index (χ2v) is 4.58. The predicted molar refractivity (Wildman–Crippen MR) is 74.5 cm³/mol. The molecule has 0 aliphatic carbocycles. The van der Waals surface area contributed by atoms with Gasteiger partial charge in [-0.05, 0) is 31.5 Å². The maximum atomic E-state index is 11.9. The van der Waals surface area contributed by atoms with Gasteiger partial charge in [0.2, 0.25) is 0 Å². The van der Waals surface area contributed by atoms with Crippen LogP contribution in [0.2, 0.25) is 5.02 Å². The molecule has 0 heterocycles. The van der Waals surface area contributed by atoms with Gasteiger partial charge < -0.3 is 9.64 Å². The van der Waals surface area contributed by atoms with E-state index in [4.69, 9.17) is 27.9 Å². The summed E-state index contributed by atoms with van der Waals surface area (Å²) < 4.78 is 5.40. The Bertz CT molecular complexity index is 385. The summed E-state index contributed by atoms with van der Waals surface area (Å²) >= 11 is 11.4. The molecule has 1 amide bonds. The zero-order valence-electron chi connectivity index (χ0n) is 10.4. The Kier molecular flexibility index (Phi) is 6.91. The third kappa shape index (κ3) is 5.15. The summed E-state index contributed by atoms with van der Waals surface area (Å²) in [6.45, 7) is 3.29. The number of rotatable bonds is 7. The lowest BCUT2D eigenvalue weighted by molar-refractivity contribution is -0.133. The first kappa shape index (κ1) is 15.1. The average molecular weight is 290 g/mol. The average Bonchev–Trinajstić information content (AvgIpc) is 2.37. The molecule has 0 bridgehead atoms. The van der Waals surface area contributed by atoms with Crippen LogP contribution >= 0.6 is 23.2 Å². The molecule has 0 aliphatic heterocycles. The minimum Gasteiger partial charge on any atom is -0.484 e. The summed E-state index contributed by atoms with van der Waals surface area (Å²) in [5.41, 5.74) is 0. The molecule has 0 fully saturated rings. The number of alkyl halides is 1. The Morgan fingerprint density at radius 3 is 2.83 bits per heavy atom. The Labute approximate surface area is 118 Å². The maximum absolute atomic E-state index is 11.9. The highest BCUT2D eigenvalue weighted by atomic mass is 35.5. The van der Waals surface area contributed by atoms with E-state index >= 15 is 0 Å². The van der Waals surface area contributed by atoms with Crippen LogP contribution in [0.15, 0.2) is 24.3 Å². The highest BCUT2D eigenvalue weighted by Gasteiger charge is 2.11. The Hall–Kier alpha value is -0.930. The molecule has 0 saturated heterocycles. The third-order valence-electron chi connectivity index (χ3n) is 2.45. The van der Waals surface area contributed by atoms with E-state index in [-0.39, 0.29) is 12.5 Å². The van der Waals surface area contributed by atoms with Crippen molar-refractivity contribution < 1.29 is 9.53 Å². The van der Waals surface area contributed by atoms with Crippen molar-refractivity contribution in [1.29, 1.82) is 0 Å². The van der Waals surface area contributed by atoms with Crippen LogP contribution in [0.25, 0.3) is 0 Å². The monoisotopic (exact) mass is 289 g/mol. The van der Waals surface area contributed by atoms with Gasteiger partial charge in [0, 0.05) is 24.0 Å². The first-order chi connectivity index (χ1) is 8.67. The van der Waals surface area contributed by atoms with Crippen molar-refractivity contribution in [2.45, 2.75) is 13.3 Å². The van der Waals surface area contributed by atoms with Crippen molar-refractivity contribution in [2.24, 2.45) is 0 Å². The number of halogens is 2. The van der Waals surface area contributed by atoms with Crippen molar-refractivity contribution in [2.75, 3.05) is 25.6 Å². The van der Waals surface area contributed by atoms with Gasteiger partial charge in [0.05, 0.1) is 0 Å². The Morgan fingerprint density at radius 1 is 1.44 bits per heavy atom. The molecule has 1 rings (SSSR count). The van der Waals surface area contributed by atoms with E-state index in [1.807, 2.05) is 6.92 Å². The molecule has 1 aromatic rings. The molecular formula is C13H17Cl2NO2. The number of nitrogens with zero attached hydrogens (tertiary/aromatic N) is 1. The minimum atomic E-state index is -0.0393. The van der Waals surface area contributed by atoms with Gasteiger partial charge in [-0.15, -0.1) is 11.6 Å². The van der Waals surface area contributed by atoms with E-state index in [1.165, 1.54) is 0 Å². The van der Waals surface area contributed by atoms with Crippen LogP contribution < -0.4 is 4.74 Å². The molecule has 3 nitrogen and oxygen atoms in total. The number of hydrogen-bond acceptors (Lipinski definition) is 2. The van der Waals surface area contributed by atoms with Crippen molar-refractivity contribution in [1.82, 2.24) is 4.90 Å². The molecule has 0 radical (unpaired) electrons. The minimum absolute atomic E-state index is 0.0243. The largest absolute Gasteiger partial charge is 0.484 e. The lowest BCUT2D eigenvalue weighted by Crippen LogP contribution is -2.35. The molecule has 18 heavy (non-hydrogen) atoms. The smallest absolute Gasteiger partial charge is 0.260 e. The molecule has 1 aromatic carbocycles. The predicted octanol–water partition coefficient (Wildman–Crippen LogP) is 3.20. The van der Waals surface area contributed by atoms with E-state index < -0.39 is 0 Å². The number of carbonyl (C=O) groups is 1. The van der Waals surface area contributed by atoms with Crippen LogP contribution in [0.3, 0.4) is 0 Å². The molecule has 0 atom stereocenters. The van der Waals surface area contributed by atoms with Gasteiger partial charge in [0.25, 0.3) is 5.91 Å². The standard InChI is InChI=1S/C13H17Cl2NO2/c1-2-16(8-4-7-14)13(17)10-18-12-6-3-5-11(15)9-12/h3,5-6,9H,2,4,7-8,10H2,1H3. The maximum Gasteiger partial charge on any atom is 0.260 e. The van der Waals surface area contributed by atoms with Crippen molar-refractivity contribution in [3.63, 3.8) is 0 Å². The molecule has 5 heteroatoms. The lowest BCUT2D eigenvalue weighted by Gasteiger charge is -2.20. The number of benzene rings is 1. The molecular weight excluding hydrogens is 273 g/mol. The van der Waals surface area contributed by atoms with E-state index in [1.54, 1.807) is 29.2 Å². The highest BCUT2D eigenvalue weighted by Crippen LogP contribution is 2.17. The summed E-state index contributed by atoms with van der Waals surface area (Å²) in [5.74, 6) is 1.12. The molecule has 0 aromatic heterocycles. The summed E-state index contributed by atoms with van der Waals surface area (Å²) in [6, 6.07) is 7.00. The molecule has 0 saturated carbocycles. The van der Waals surface area contributed by atoms with Crippen LogP contribution in [0.5, 0.6) is 5.75 Å². The number of ether oxygens (including phenoxy) is 1. The quantitative estimate of drug-likeness (QED) is 0.722. The first-order valence-electron chi connectivity index (χ1n) is 5.89. The first-order valence-corrected chi connectivity index (χ1v) is 6.80. The zero-order chi connectivity index (χ0) is 13.4. The van der Waals surface area contributed by atoms with Crippen LogP contribution in [0, 0.1) is 0 Å². The summed E-state index contributed by atoms with van der Waals surface area (Å²) in [6.07, 6.45) is 0.790. The number of amides is 1. The van der Waals surface area contributed by atoms with Crippen molar-refractivity contribution in [3.05, 3.63) is 29.3 Å². The van der Waals surface area contributed by atoms with Crippen LogP contribution in [-0.2, 0) is 4.79 Å². The molecule has 100 valence electrons. The van der Waals surface area contributed by atoms with Gasteiger partial charge in [0.1, 0.15) is 5.75 Å². The SMILES string of the molecule is CCN(CCCCl)C(=O)COc1cccc(Cl)c1. The van der Waals surface area contributed by atoms with Crippen molar-refractivity contribution in [3.8, 4) is 5.75 Å². The van der Waals surface area contributed by atoms with Gasteiger partial charge >= 0.3 is 0 Å². The summed E-state index contributed by atoms with van der Waals surface area (Å²) in [7, 11) is 0. The van der Waals surface area contributed by atoms with Crippen molar-refractivity contribution >= 4 is 29.1 Å². The topological polar surface area (TPSA) is 29.5 Å². The van der Waals surface area contributed by atoms with Gasteiger partial charge in [-0.1, -0.05) is 17.7 Å². The normalized spacial score (nSPS) is 10.2. The lowest BCUT2D eigenvalue weighted by atomic mass is 10.3. The Balaban J connectivity index is 2.44. The van der Waals surface area contributed by atoms with Gasteiger partial charge in [0.15, 0.2) is 6.61 Å². The summed E-state index contributed by atoms with van der Waals surface area (Å²) in [5, 5.41) is 0.592. The second-order valence-electron chi connectivity index (χ2n) is 3.76. The number of hydrogen-bond donors (Lipinski definition) is 0.